The van der Waals surface area contributed by atoms with Crippen molar-refractivity contribution < 1.29 is 9.90 Å². The van der Waals surface area contributed by atoms with Crippen LogP contribution in [-0.4, -0.2) is 23.8 Å². The van der Waals surface area contributed by atoms with Crippen molar-refractivity contribution in [3.63, 3.8) is 0 Å². The third kappa shape index (κ3) is 4.49. The number of halogens is 1. The van der Waals surface area contributed by atoms with Gasteiger partial charge in [0.1, 0.15) is 5.75 Å². The molecule has 0 spiro atoms. The Bertz CT molecular complexity index is 941. The van der Waals surface area contributed by atoms with Gasteiger partial charge in [-0.25, -0.2) is 5.43 Å². The van der Waals surface area contributed by atoms with E-state index in [1.165, 1.54) is 12.3 Å². The number of hydrogen-bond donors (Lipinski definition) is 3. The minimum atomic E-state index is -0.300. The Morgan fingerprint density at radius 3 is 2.72 bits per heavy atom. The molecule has 0 aromatic heterocycles. The number of phenolic OH excluding ortho intramolecular Hbond substituents is 1. The maximum Gasteiger partial charge on any atom is 0.259 e. The van der Waals surface area contributed by atoms with Crippen molar-refractivity contribution in [1.29, 1.82) is 0 Å². The van der Waals surface area contributed by atoms with E-state index in [0.29, 0.717) is 10.6 Å². The highest BCUT2D eigenvalue weighted by Gasteiger charge is 2.02. The molecule has 0 saturated carbocycles. The Hall–Kier alpha value is -3.05. The molecule has 0 radical (unpaired) electrons. The maximum absolute atomic E-state index is 11.8. The summed E-state index contributed by atoms with van der Waals surface area (Å²) in [5.74, 6) is -0.261. The summed E-state index contributed by atoms with van der Waals surface area (Å²) in [4.78, 5) is 11.8. The van der Waals surface area contributed by atoms with Crippen molar-refractivity contribution in [3.8, 4) is 5.75 Å². The number of phenols is 1. The average Bonchev–Trinajstić information content (AvgIpc) is 2.62. The smallest absolute Gasteiger partial charge is 0.259 e. The SMILES string of the molecule is O=C(CNc1ccc2ccccc2c1)N/N=C/c1cc(Cl)ccc1O. The average molecular weight is 354 g/mol. The molecule has 3 N–H and O–H groups in total. The molecule has 0 aliphatic carbocycles. The Morgan fingerprint density at radius 1 is 1.08 bits per heavy atom. The van der Waals surface area contributed by atoms with Gasteiger partial charge in [0.05, 0.1) is 12.8 Å². The number of benzene rings is 3. The molecule has 0 aliphatic rings. The van der Waals surface area contributed by atoms with Crippen LogP contribution in [0.4, 0.5) is 5.69 Å². The zero-order valence-corrected chi connectivity index (χ0v) is 14.0. The molecule has 3 rings (SSSR count). The minimum Gasteiger partial charge on any atom is -0.507 e. The Labute approximate surface area is 149 Å². The van der Waals surface area contributed by atoms with E-state index in [-0.39, 0.29) is 18.2 Å². The van der Waals surface area contributed by atoms with Crippen LogP contribution >= 0.6 is 11.6 Å². The normalized spacial score (nSPS) is 10.9. The molecule has 3 aromatic carbocycles. The van der Waals surface area contributed by atoms with Crippen LogP contribution in [0.15, 0.2) is 65.8 Å². The lowest BCUT2D eigenvalue weighted by Crippen LogP contribution is -2.25. The van der Waals surface area contributed by atoms with Crippen LogP contribution in [0.25, 0.3) is 10.8 Å². The zero-order valence-electron chi connectivity index (χ0n) is 13.2. The van der Waals surface area contributed by atoms with Crippen LogP contribution in [0.5, 0.6) is 5.75 Å². The van der Waals surface area contributed by atoms with Gasteiger partial charge in [-0.05, 0) is 41.1 Å². The number of fused-ring (bicyclic) bond motifs is 1. The number of hydrazone groups is 1. The Morgan fingerprint density at radius 2 is 1.88 bits per heavy atom. The molecule has 6 heteroatoms. The molecular weight excluding hydrogens is 338 g/mol. The number of hydrogen-bond acceptors (Lipinski definition) is 4. The van der Waals surface area contributed by atoms with Gasteiger partial charge in [0, 0.05) is 16.3 Å². The number of nitrogens with one attached hydrogen (secondary N) is 2. The second-order valence-corrected chi connectivity index (χ2v) is 5.85. The highest BCUT2D eigenvalue weighted by molar-refractivity contribution is 6.30. The first kappa shape index (κ1) is 16.8. The quantitative estimate of drug-likeness (QED) is 0.483. The van der Waals surface area contributed by atoms with Crippen molar-refractivity contribution in [2.24, 2.45) is 5.10 Å². The summed E-state index contributed by atoms with van der Waals surface area (Å²) in [6.45, 7) is 0.0806. The standard InChI is InChI=1S/C19H16ClN3O2/c20-16-6-8-18(24)15(9-16)11-22-23-19(25)12-21-17-7-5-13-3-1-2-4-14(13)10-17/h1-11,21,24H,12H2,(H,23,25)/b22-11+. The van der Waals surface area contributed by atoms with Gasteiger partial charge >= 0.3 is 0 Å². The van der Waals surface area contributed by atoms with E-state index in [1.54, 1.807) is 12.1 Å². The molecule has 0 saturated heterocycles. The van der Waals surface area contributed by atoms with Gasteiger partial charge in [-0.2, -0.15) is 5.10 Å². The number of nitrogens with zero attached hydrogens (tertiary/aromatic N) is 1. The molecule has 5 nitrogen and oxygen atoms in total. The fraction of sp³-hybridized carbons (Fsp3) is 0.0526. The van der Waals surface area contributed by atoms with E-state index in [2.05, 4.69) is 15.8 Å². The molecule has 0 fully saturated rings. The van der Waals surface area contributed by atoms with Gasteiger partial charge < -0.3 is 10.4 Å². The largest absolute Gasteiger partial charge is 0.507 e. The number of carbonyl (C=O) groups is 1. The predicted molar refractivity (Wildman–Crippen MR) is 101 cm³/mol. The van der Waals surface area contributed by atoms with Crippen LogP contribution in [0.1, 0.15) is 5.56 Å². The lowest BCUT2D eigenvalue weighted by molar-refractivity contribution is -0.119. The Kier molecular flexibility index (Phi) is 5.16. The zero-order chi connectivity index (χ0) is 17.6. The van der Waals surface area contributed by atoms with Crippen LogP contribution in [-0.2, 0) is 4.79 Å². The van der Waals surface area contributed by atoms with Crippen molar-refractivity contribution in [2.75, 3.05) is 11.9 Å². The molecule has 3 aromatic rings. The lowest BCUT2D eigenvalue weighted by Gasteiger charge is -2.06. The van der Waals surface area contributed by atoms with E-state index in [9.17, 15) is 9.90 Å². The van der Waals surface area contributed by atoms with Gasteiger partial charge in [0.2, 0.25) is 0 Å². The van der Waals surface area contributed by atoms with Crippen LogP contribution in [0.3, 0.4) is 0 Å². The highest BCUT2D eigenvalue weighted by Crippen LogP contribution is 2.20. The molecule has 0 bridgehead atoms. The molecule has 1 amide bonds. The van der Waals surface area contributed by atoms with Gasteiger partial charge in [0.25, 0.3) is 5.91 Å². The monoisotopic (exact) mass is 353 g/mol. The van der Waals surface area contributed by atoms with Gasteiger partial charge in [0.15, 0.2) is 0 Å². The van der Waals surface area contributed by atoms with E-state index in [4.69, 9.17) is 11.6 Å². The number of rotatable bonds is 5. The topological polar surface area (TPSA) is 73.7 Å². The first-order valence-electron chi connectivity index (χ1n) is 7.65. The van der Waals surface area contributed by atoms with Crippen LogP contribution in [0, 0.1) is 0 Å². The molecular formula is C19H16ClN3O2. The Balaban J connectivity index is 1.55. The first-order valence-corrected chi connectivity index (χ1v) is 8.03. The summed E-state index contributed by atoms with van der Waals surface area (Å²) in [6.07, 6.45) is 1.34. The highest BCUT2D eigenvalue weighted by atomic mass is 35.5. The molecule has 25 heavy (non-hydrogen) atoms. The third-order valence-electron chi connectivity index (χ3n) is 3.58. The second-order valence-electron chi connectivity index (χ2n) is 5.41. The van der Waals surface area contributed by atoms with Gasteiger partial charge in [-0.1, -0.05) is 41.9 Å². The molecule has 126 valence electrons. The summed E-state index contributed by atoms with van der Waals surface area (Å²) in [6, 6.07) is 18.5. The molecule has 0 aliphatic heterocycles. The van der Waals surface area contributed by atoms with Crippen molar-refractivity contribution in [2.45, 2.75) is 0 Å². The van der Waals surface area contributed by atoms with Crippen molar-refractivity contribution >= 4 is 40.2 Å². The predicted octanol–water partition coefficient (Wildman–Crippen LogP) is 3.76. The van der Waals surface area contributed by atoms with E-state index in [0.717, 1.165) is 16.5 Å². The minimum absolute atomic E-state index is 0.0386. The summed E-state index contributed by atoms with van der Waals surface area (Å²) in [5, 5.41) is 19.3. The molecule has 0 heterocycles. The summed E-state index contributed by atoms with van der Waals surface area (Å²) in [7, 11) is 0. The van der Waals surface area contributed by atoms with E-state index < -0.39 is 0 Å². The fourth-order valence-electron chi connectivity index (χ4n) is 2.32. The van der Waals surface area contributed by atoms with E-state index >= 15 is 0 Å². The fourth-order valence-corrected chi connectivity index (χ4v) is 2.50. The van der Waals surface area contributed by atoms with Crippen molar-refractivity contribution in [3.05, 3.63) is 71.2 Å². The van der Waals surface area contributed by atoms with Crippen LogP contribution < -0.4 is 10.7 Å². The number of carbonyl (C=O) groups excluding carboxylic acids is 1. The van der Waals surface area contributed by atoms with E-state index in [1.807, 2.05) is 42.5 Å². The number of anilines is 1. The second kappa shape index (κ2) is 7.68. The van der Waals surface area contributed by atoms with Gasteiger partial charge in [-0.3, -0.25) is 4.79 Å². The summed E-state index contributed by atoms with van der Waals surface area (Å²) < 4.78 is 0. The van der Waals surface area contributed by atoms with Crippen molar-refractivity contribution in [1.82, 2.24) is 5.43 Å². The van der Waals surface area contributed by atoms with Gasteiger partial charge in [-0.15, -0.1) is 0 Å². The number of amides is 1. The van der Waals surface area contributed by atoms with Crippen LogP contribution in [0.2, 0.25) is 5.02 Å². The molecule has 0 atom stereocenters. The lowest BCUT2D eigenvalue weighted by atomic mass is 10.1. The summed E-state index contributed by atoms with van der Waals surface area (Å²) in [5.41, 5.74) is 3.68. The molecule has 0 unspecified atom stereocenters. The third-order valence-corrected chi connectivity index (χ3v) is 3.82. The summed E-state index contributed by atoms with van der Waals surface area (Å²) >= 11 is 5.85. The first-order chi connectivity index (χ1) is 12.1. The maximum atomic E-state index is 11.8. The number of aromatic hydroxyl groups is 1.